The van der Waals surface area contributed by atoms with E-state index in [0.717, 1.165) is 17.0 Å². The topological polar surface area (TPSA) is 327 Å². The number of hydrogen-bond acceptors (Lipinski definition) is 18. The fourth-order valence-electron chi connectivity index (χ4n) is 11.6. The summed E-state index contributed by atoms with van der Waals surface area (Å²) < 4.78 is 100. The molecule has 1 aliphatic rings. The Kier molecular flexibility index (Phi) is 35.1. The first kappa shape index (κ1) is 84.4. The molecule has 564 valence electrons. The van der Waals surface area contributed by atoms with Crippen LogP contribution in [-0.4, -0.2) is 177 Å². The van der Waals surface area contributed by atoms with E-state index in [1.807, 2.05) is 63.4 Å². The highest BCUT2D eigenvalue weighted by atomic mass is 32.1. The van der Waals surface area contributed by atoms with Gasteiger partial charge in [-0.2, -0.15) is 8.78 Å². The molecule has 4 aromatic rings. The summed E-state index contributed by atoms with van der Waals surface area (Å²) >= 11 is 1.46. The number of carbonyl (C=O) groups is 9. The maximum absolute atomic E-state index is 14.6. The van der Waals surface area contributed by atoms with Gasteiger partial charge in [-0.1, -0.05) is 96.8 Å². The summed E-state index contributed by atoms with van der Waals surface area (Å²) in [5.74, 6) is -19.2. The number of nitrogens with two attached hydrogens (primary N) is 1. The average molecular weight is 1460 g/mol. The largest absolute Gasteiger partial charge is 0.445 e. The van der Waals surface area contributed by atoms with Gasteiger partial charge in [-0.15, -0.1) is 11.3 Å². The number of nitrogens with zero attached hydrogens (tertiary/aromatic N) is 3. The number of rotatable bonds is 43. The van der Waals surface area contributed by atoms with Crippen LogP contribution < -0.4 is 42.4 Å². The molecular formula is C71H99F5N10O15S. The van der Waals surface area contributed by atoms with Crippen LogP contribution in [0.15, 0.2) is 66.2 Å². The van der Waals surface area contributed by atoms with Crippen molar-refractivity contribution < 1.29 is 93.5 Å². The van der Waals surface area contributed by atoms with Crippen molar-refractivity contribution in [2.24, 2.45) is 23.5 Å². The molecule has 5 rings (SSSR count). The number of hydrogen-bond donors (Lipinski definition) is 7. The zero-order valence-electron chi connectivity index (χ0n) is 59.6. The van der Waals surface area contributed by atoms with E-state index in [-0.39, 0.29) is 82.6 Å². The van der Waals surface area contributed by atoms with Crippen LogP contribution in [0.5, 0.6) is 5.75 Å². The van der Waals surface area contributed by atoms with Crippen LogP contribution in [0.1, 0.15) is 142 Å². The first-order valence-corrected chi connectivity index (χ1v) is 35.2. The Hall–Kier alpha value is -8.23. The van der Waals surface area contributed by atoms with E-state index in [1.165, 1.54) is 32.3 Å². The number of methoxy groups -OCH3 is 2. The lowest BCUT2D eigenvalue weighted by Crippen LogP contribution is -2.58. The molecular weight excluding hydrogens is 1360 g/mol. The Morgan fingerprint density at radius 2 is 1.43 bits per heavy atom. The van der Waals surface area contributed by atoms with Crippen LogP contribution in [0.4, 0.5) is 32.4 Å². The number of esters is 1. The normalized spacial score (nSPS) is 15.4. The second-order valence-electron chi connectivity index (χ2n) is 25.8. The third kappa shape index (κ3) is 25.3. The van der Waals surface area contributed by atoms with E-state index in [2.05, 4.69) is 41.6 Å². The fraction of sp³-hybridized carbons (Fsp3) is 0.577. The van der Waals surface area contributed by atoms with Crippen LogP contribution in [0.25, 0.3) is 0 Å². The lowest BCUT2D eigenvalue weighted by molar-refractivity contribution is -0.147. The van der Waals surface area contributed by atoms with Gasteiger partial charge in [-0.05, 0) is 94.0 Å². The van der Waals surface area contributed by atoms with Crippen molar-refractivity contribution in [2.75, 3.05) is 72.1 Å². The third-order valence-electron chi connectivity index (χ3n) is 17.5. The summed E-state index contributed by atoms with van der Waals surface area (Å²) in [6.07, 6.45) is 2.81. The van der Waals surface area contributed by atoms with Gasteiger partial charge < -0.3 is 75.9 Å². The van der Waals surface area contributed by atoms with Crippen LogP contribution in [0.3, 0.4) is 0 Å². The van der Waals surface area contributed by atoms with Gasteiger partial charge in [0.1, 0.15) is 29.2 Å². The number of aromatic nitrogens is 1. The number of carbonyl (C=O) groups excluding carboxylic acids is 9. The zero-order chi connectivity index (χ0) is 75.2. The van der Waals surface area contributed by atoms with Crippen molar-refractivity contribution in [1.29, 1.82) is 0 Å². The van der Waals surface area contributed by atoms with Gasteiger partial charge in [-0.3, -0.25) is 38.4 Å². The molecule has 25 nitrogen and oxygen atoms in total. The highest BCUT2D eigenvalue weighted by molar-refractivity contribution is 7.09. The molecule has 1 saturated heterocycles. The molecule has 0 saturated carbocycles. The molecule has 31 heteroatoms. The lowest BCUT2D eigenvalue weighted by atomic mass is 9.89. The monoisotopic (exact) mass is 1460 g/mol. The molecule has 8 N–H and O–H groups in total. The van der Waals surface area contributed by atoms with Gasteiger partial charge in [0.2, 0.25) is 76.2 Å². The van der Waals surface area contributed by atoms with Gasteiger partial charge in [0, 0.05) is 51.0 Å². The van der Waals surface area contributed by atoms with E-state index < -0.39 is 143 Å². The molecule has 1 aromatic heterocycles. The highest BCUT2D eigenvalue weighted by Gasteiger charge is 2.43. The van der Waals surface area contributed by atoms with Crippen LogP contribution in [0, 0.1) is 46.8 Å². The number of unbranched alkanes of at least 4 members (excludes halogenated alkanes) is 1. The maximum Gasteiger partial charge on any atom is 0.408 e. The molecule has 2 heterocycles. The molecule has 0 aliphatic carbocycles. The van der Waals surface area contributed by atoms with Crippen LogP contribution >= 0.6 is 11.3 Å². The molecule has 9 atom stereocenters. The Morgan fingerprint density at radius 3 is 2.03 bits per heavy atom. The van der Waals surface area contributed by atoms with Crippen molar-refractivity contribution in [3.05, 3.63) is 111 Å². The Bertz CT molecular complexity index is 3350. The van der Waals surface area contributed by atoms with Crippen LogP contribution in [0.2, 0.25) is 0 Å². The molecule has 0 spiro atoms. The van der Waals surface area contributed by atoms with Crippen molar-refractivity contribution in [2.45, 2.75) is 181 Å². The summed E-state index contributed by atoms with van der Waals surface area (Å²) in [4.78, 5) is 130. The molecule has 3 aromatic carbocycles. The SMILES string of the molecule is CCCCN(C(=O)CNC(=O)C(C)(C)NC(=O)OCc1ccc(NC(=O)C(CCCN)NC(=O)[C@@H](NC(=O)CCOCCOCCC(=O)Oc2c(F)c(F)c(F)c(F)c2F)C(C)C)cc1)[C@@H]([C@@H](C)CC)[C@@H](CC(=O)N1CCC[C@H]1[C@H](OC)[C@@H](C)C(=O)N[C@@H](Cc1ccccc1)c1nccs1)OC. The predicted octanol–water partition coefficient (Wildman–Crippen LogP) is 7.87. The Morgan fingerprint density at radius 1 is 0.775 bits per heavy atom. The number of amides is 8. The Labute approximate surface area is 596 Å². The second kappa shape index (κ2) is 42.4. The van der Waals surface area contributed by atoms with E-state index in [1.54, 1.807) is 61.2 Å². The third-order valence-corrected chi connectivity index (χ3v) is 18.4. The minimum atomic E-state index is -2.41. The standard InChI is InChI=1S/C71H99F5N10O15S/c1-11-13-31-86(62(43(5)12-2)51(96-9)39-53(88)85-32-18-22-50(85)63(97-10)44(6)65(91)82-49(68-78-30-37-102-68)38-45-19-15-14-16-20-45)54(89)40-79-69(94)71(7,8)84-70(95)100-41-46-23-25-47(26-24-46)80-66(92)48(21-17-29-77)81-67(93)61(42(3)4)83-52(87)27-33-98-35-36-99-34-28-55(90)101-64-59(75)57(73)56(72)58(74)60(64)76/h14-16,19-20,23-26,30,37,42-44,48-51,61-63H,11-13,17-18,21-22,27-29,31-36,38-41,77H2,1-10H3,(H,79,94)(H,80,92)(H,81,93)(H,82,91)(H,83,87)(H,84,95)/t43-,44+,48?,49-,50-,51+,61-,62-,63+/m0/s1. The lowest BCUT2D eigenvalue weighted by Gasteiger charge is -2.41. The predicted molar refractivity (Wildman–Crippen MR) is 368 cm³/mol. The zero-order valence-corrected chi connectivity index (χ0v) is 60.4. The summed E-state index contributed by atoms with van der Waals surface area (Å²) in [5, 5.41) is 19.2. The van der Waals surface area contributed by atoms with E-state index in [4.69, 9.17) is 29.4 Å². The first-order chi connectivity index (χ1) is 48.6. The molecule has 8 amide bonds. The van der Waals surface area contributed by atoms with Gasteiger partial charge >= 0.3 is 12.1 Å². The smallest absolute Gasteiger partial charge is 0.408 e. The number of halogens is 5. The van der Waals surface area contributed by atoms with Gasteiger partial charge in [0.05, 0.1) is 82.1 Å². The number of likely N-dealkylation sites (tertiary alicyclic amines) is 1. The minimum Gasteiger partial charge on any atom is -0.445 e. The summed E-state index contributed by atoms with van der Waals surface area (Å²) in [5.41, 5.74) is 6.06. The summed E-state index contributed by atoms with van der Waals surface area (Å²) in [6, 6.07) is 12.6. The molecule has 1 aliphatic heterocycles. The van der Waals surface area contributed by atoms with Gasteiger partial charge in [0.15, 0.2) is 0 Å². The second-order valence-corrected chi connectivity index (χ2v) is 26.7. The van der Waals surface area contributed by atoms with Crippen LogP contribution in [-0.2, 0) is 75.1 Å². The molecule has 1 fully saturated rings. The number of alkyl carbamates (subject to hydrolysis) is 1. The molecule has 0 radical (unpaired) electrons. The van der Waals surface area contributed by atoms with Gasteiger partial charge in [0.25, 0.3) is 0 Å². The first-order valence-electron chi connectivity index (χ1n) is 34.3. The molecule has 1 unspecified atom stereocenters. The number of benzene rings is 3. The fourth-order valence-corrected chi connectivity index (χ4v) is 12.3. The minimum absolute atomic E-state index is 0.0710. The van der Waals surface area contributed by atoms with Crippen molar-refractivity contribution in [3.8, 4) is 5.75 Å². The van der Waals surface area contributed by atoms with Gasteiger partial charge in [-0.25, -0.2) is 22.9 Å². The number of anilines is 1. The van der Waals surface area contributed by atoms with Crippen molar-refractivity contribution in [1.82, 2.24) is 41.4 Å². The molecule has 0 bridgehead atoms. The average Bonchev–Trinajstić information content (AvgIpc) is 1.13. The summed E-state index contributed by atoms with van der Waals surface area (Å²) in [6.45, 7) is 13.6. The van der Waals surface area contributed by atoms with Crippen molar-refractivity contribution in [3.63, 3.8) is 0 Å². The number of ether oxygens (including phenoxy) is 6. The Balaban J connectivity index is 1.08. The van der Waals surface area contributed by atoms with E-state index in [9.17, 15) is 65.1 Å². The van der Waals surface area contributed by atoms with Crippen molar-refractivity contribution >= 4 is 70.4 Å². The molecule has 102 heavy (non-hydrogen) atoms. The highest BCUT2D eigenvalue weighted by Crippen LogP contribution is 2.32. The number of nitrogens with one attached hydrogen (secondary N) is 6. The summed E-state index contributed by atoms with van der Waals surface area (Å²) in [7, 11) is 3.06. The number of thiazole rings is 1. The maximum atomic E-state index is 14.6. The van der Waals surface area contributed by atoms with E-state index >= 15 is 0 Å². The van der Waals surface area contributed by atoms with E-state index in [0.29, 0.717) is 62.9 Å². The quantitative estimate of drug-likeness (QED) is 0.00553.